The van der Waals surface area contributed by atoms with Crippen LogP contribution in [-0.4, -0.2) is 45.9 Å². The summed E-state index contributed by atoms with van der Waals surface area (Å²) in [5.41, 5.74) is 1.74. The Balaban J connectivity index is 1.80. The molecule has 0 saturated heterocycles. The topological polar surface area (TPSA) is 95.7 Å². The SMILES string of the molecule is O=S(=O)(Cc1ccc(Cl)cc1)N1CCCn2nc([C@@H](O)CO)cc2C1. The van der Waals surface area contributed by atoms with Gasteiger partial charge in [-0.1, -0.05) is 23.7 Å². The van der Waals surface area contributed by atoms with E-state index in [4.69, 9.17) is 16.7 Å². The third-order valence-electron chi connectivity index (χ3n) is 4.17. The number of hydrogen-bond acceptors (Lipinski definition) is 5. The van der Waals surface area contributed by atoms with E-state index in [1.807, 2.05) is 0 Å². The highest BCUT2D eigenvalue weighted by Crippen LogP contribution is 2.22. The lowest BCUT2D eigenvalue weighted by molar-refractivity contribution is 0.0916. The first-order chi connectivity index (χ1) is 11.9. The average molecular weight is 386 g/mol. The van der Waals surface area contributed by atoms with E-state index in [0.29, 0.717) is 41.5 Å². The lowest BCUT2D eigenvalue weighted by atomic mass is 10.2. The lowest BCUT2D eigenvalue weighted by Gasteiger charge is -2.19. The molecule has 0 saturated carbocycles. The third-order valence-corrected chi connectivity index (χ3v) is 6.22. The Kier molecular flexibility index (Phi) is 5.45. The number of nitrogens with zero attached hydrogens (tertiary/aromatic N) is 3. The van der Waals surface area contributed by atoms with Crippen LogP contribution in [0, 0.1) is 0 Å². The summed E-state index contributed by atoms with van der Waals surface area (Å²) in [4.78, 5) is 0. The number of rotatable bonds is 5. The van der Waals surface area contributed by atoms with Gasteiger partial charge in [0.1, 0.15) is 6.10 Å². The highest BCUT2D eigenvalue weighted by atomic mass is 35.5. The van der Waals surface area contributed by atoms with Gasteiger partial charge in [0, 0.05) is 18.1 Å². The largest absolute Gasteiger partial charge is 0.393 e. The fourth-order valence-electron chi connectivity index (χ4n) is 2.83. The van der Waals surface area contributed by atoms with Crippen LogP contribution < -0.4 is 0 Å². The Labute approximate surface area is 151 Å². The van der Waals surface area contributed by atoms with Gasteiger partial charge >= 0.3 is 0 Å². The van der Waals surface area contributed by atoms with Gasteiger partial charge in [0.25, 0.3) is 0 Å². The van der Waals surface area contributed by atoms with E-state index in [2.05, 4.69) is 5.10 Å². The van der Waals surface area contributed by atoms with Crippen LogP contribution >= 0.6 is 11.6 Å². The molecule has 2 N–H and O–H groups in total. The minimum atomic E-state index is -3.49. The summed E-state index contributed by atoms with van der Waals surface area (Å²) in [6.45, 7) is 0.758. The second-order valence-corrected chi connectivity index (χ2v) is 8.46. The molecule has 0 spiro atoms. The number of fused-ring (bicyclic) bond motifs is 1. The molecule has 1 aromatic heterocycles. The van der Waals surface area contributed by atoms with Crippen LogP contribution in [-0.2, 0) is 28.9 Å². The van der Waals surface area contributed by atoms with Crippen molar-refractivity contribution in [3.8, 4) is 0 Å². The van der Waals surface area contributed by atoms with Gasteiger partial charge < -0.3 is 10.2 Å². The van der Waals surface area contributed by atoms with Crippen molar-refractivity contribution in [1.82, 2.24) is 14.1 Å². The van der Waals surface area contributed by atoms with Crippen molar-refractivity contribution in [2.24, 2.45) is 0 Å². The molecule has 3 rings (SSSR count). The van der Waals surface area contributed by atoms with Gasteiger partial charge in [0.05, 0.1) is 30.3 Å². The van der Waals surface area contributed by atoms with Crippen molar-refractivity contribution in [2.75, 3.05) is 13.2 Å². The maximum absolute atomic E-state index is 12.8. The van der Waals surface area contributed by atoms with Crippen LogP contribution in [0.2, 0.25) is 5.02 Å². The molecule has 1 aliphatic heterocycles. The molecule has 0 amide bonds. The van der Waals surface area contributed by atoms with E-state index in [1.54, 1.807) is 35.0 Å². The number of aliphatic hydroxyl groups excluding tert-OH is 2. The smallest absolute Gasteiger partial charge is 0.218 e. The summed E-state index contributed by atoms with van der Waals surface area (Å²) in [7, 11) is -3.49. The maximum Gasteiger partial charge on any atom is 0.218 e. The van der Waals surface area contributed by atoms with Crippen LogP contribution in [0.5, 0.6) is 0 Å². The molecule has 0 fully saturated rings. The summed E-state index contributed by atoms with van der Waals surface area (Å²) in [6, 6.07) is 8.41. The molecule has 0 radical (unpaired) electrons. The predicted molar refractivity (Wildman–Crippen MR) is 93.4 cm³/mol. The van der Waals surface area contributed by atoms with Crippen molar-refractivity contribution in [2.45, 2.75) is 31.4 Å². The van der Waals surface area contributed by atoms with Crippen molar-refractivity contribution in [3.05, 3.63) is 52.3 Å². The number of aliphatic hydroxyl groups is 2. The number of hydrogen-bond donors (Lipinski definition) is 2. The van der Waals surface area contributed by atoms with Crippen LogP contribution in [0.1, 0.15) is 29.5 Å². The molecule has 1 aliphatic rings. The lowest BCUT2D eigenvalue weighted by Crippen LogP contribution is -2.31. The predicted octanol–water partition coefficient (Wildman–Crippen LogP) is 1.30. The van der Waals surface area contributed by atoms with Gasteiger partial charge in [-0.25, -0.2) is 8.42 Å². The van der Waals surface area contributed by atoms with E-state index in [-0.39, 0.29) is 12.3 Å². The van der Waals surface area contributed by atoms with Crippen LogP contribution in [0.15, 0.2) is 30.3 Å². The van der Waals surface area contributed by atoms with E-state index in [0.717, 1.165) is 0 Å². The van der Waals surface area contributed by atoms with Crippen molar-refractivity contribution in [3.63, 3.8) is 0 Å². The normalized spacial score (nSPS) is 17.1. The summed E-state index contributed by atoms with van der Waals surface area (Å²) in [6.07, 6.45) is -0.429. The van der Waals surface area contributed by atoms with Crippen molar-refractivity contribution >= 4 is 21.6 Å². The third kappa shape index (κ3) is 4.21. The van der Waals surface area contributed by atoms with Crippen LogP contribution in [0.4, 0.5) is 0 Å². The zero-order valence-electron chi connectivity index (χ0n) is 13.5. The number of sulfonamides is 1. The van der Waals surface area contributed by atoms with Gasteiger partial charge in [-0.15, -0.1) is 0 Å². The summed E-state index contributed by atoms with van der Waals surface area (Å²) in [5.74, 6) is -0.0928. The molecule has 2 aromatic rings. The minimum Gasteiger partial charge on any atom is -0.393 e. The molecule has 9 heteroatoms. The highest BCUT2D eigenvalue weighted by Gasteiger charge is 2.27. The number of halogens is 1. The Bertz CT molecular complexity index is 836. The molecular weight excluding hydrogens is 366 g/mol. The number of aryl methyl sites for hydroxylation is 1. The molecule has 1 atom stereocenters. The zero-order chi connectivity index (χ0) is 18.0. The molecule has 0 aliphatic carbocycles. The fourth-order valence-corrected chi connectivity index (χ4v) is 4.49. The first-order valence-electron chi connectivity index (χ1n) is 7.97. The van der Waals surface area contributed by atoms with E-state index < -0.39 is 22.7 Å². The Hall–Kier alpha value is -1.45. The standard InChI is InChI=1S/C16H20ClN3O4S/c17-13-4-2-12(3-5-13)11-25(23,24)19-6-1-7-20-14(9-19)8-15(18-20)16(22)10-21/h2-5,8,16,21-22H,1,6-7,9-11H2/t16-/m0/s1. The van der Waals surface area contributed by atoms with Gasteiger partial charge in [-0.3, -0.25) is 4.68 Å². The minimum absolute atomic E-state index is 0.0928. The summed E-state index contributed by atoms with van der Waals surface area (Å²) >= 11 is 5.84. The first-order valence-corrected chi connectivity index (χ1v) is 9.95. The first kappa shape index (κ1) is 18.3. The average Bonchev–Trinajstić information content (AvgIpc) is 2.87. The second kappa shape index (κ2) is 7.43. The molecular formula is C16H20ClN3O4S. The zero-order valence-corrected chi connectivity index (χ0v) is 15.1. The van der Waals surface area contributed by atoms with Crippen molar-refractivity contribution < 1.29 is 18.6 Å². The number of aromatic nitrogens is 2. The summed E-state index contributed by atoms with van der Waals surface area (Å²) < 4.78 is 28.7. The molecule has 1 aromatic carbocycles. The molecule has 136 valence electrons. The van der Waals surface area contributed by atoms with Crippen LogP contribution in [0.3, 0.4) is 0 Å². The Morgan fingerprint density at radius 2 is 1.96 bits per heavy atom. The molecule has 0 unspecified atom stereocenters. The highest BCUT2D eigenvalue weighted by molar-refractivity contribution is 7.88. The van der Waals surface area contributed by atoms with E-state index in [9.17, 15) is 13.5 Å². The second-order valence-electron chi connectivity index (χ2n) is 6.05. The fraction of sp³-hybridized carbons (Fsp3) is 0.438. The van der Waals surface area contributed by atoms with Gasteiger partial charge in [-0.05, 0) is 30.2 Å². The van der Waals surface area contributed by atoms with E-state index in [1.165, 1.54) is 4.31 Å². The van der Waals surface area contributed by atoms with Gasteiger partial charge in [-0.2, -0.15) is 9.40 Å². The van der Waals surface area contributed by atoms with Gasteiger partial charge in [0.15, 0.2) is 0 Å². The quantitative estimate of drug-likeness (QED) is 0.808. The Morgan fingerprint density at radius 3 is 2.64 bits per heavy atom. The van der Waals surface area contributed by atoms with E-state index >= 15 is 0 Å². The molecule has 0 bridgehead atoms. The maximum atomic E-state index is 12.8. The molecule has 2 heterocycles. The number of benzene rings is 1. The molecule has 7 nitrogen and oxygen atoms in total. The van der Waals surface area contributed by atoms with Gasteiger partial charge in [0.2, 0.25) is 10.0 Å². The Morgan fingerprint density at radius 1 is 1.24 bits per heavy atom. The monoisotopic (exact) mass is 385 g/mol. The summed E-state index contributed by atoms with van der Waals surface area (Å²) in [5, 5.41) is 23.6. The molecule has 25 heavy (non-hydrogen) atoms. The van der Waals surface area contributed by atoms with Crippen LogP contribution in [0.25, 0.3) is 0 Å². The van der Waals surface area contributed by atoms with Crippen molar-refractivity contribution in [1.29, 1.82) is 0 Å².